The first-order valence-corrected chi connectivity index (χ1v) is 14.9. The average molecular weight is 647 g/mol. The van der Waals surface area contributed by atoms with E-state index in [0.717, 1.165) is 0 Å². The number of hydrogen-bond donors (Lipinski definition) is 8. The molecule has 2 rings (SSSR count). The van der Waals surface area contributed by atoms with Crippen LogP contribution in [0, 0.1) is 11.7 Å². The van der Waals surface area contributed by atoms with Gasteiger partial charge in [0.1, 0.15) is 29.7 Å². The molecular formula is C31H43FN6O6S. The van der Waals surface area contributed by atoms with Crippen molar-refractivity contribution in [3.63, 3.8) is 0 Å². The molecule has 0 aliphatic rings. The predicted octanol–water partition coefficient (Wildman–Crippen LogP) is 0.454. The minimum Gasteiger partial charge on any atom is -0.508 e. The van der Waals surface area contributed by atoms with Crippen molar-refractivity contribution in [2.45, 2.75) is 75.9 Å². The Hall–Kier alpha value is -4.17. The highest BCUT2D eigenvalue weighted by Gasteiger charge is 2.35. The van der Waals surface area contributed by atoms with Crippen molar-refractivity contribution in [2.75, 3.05) is 6.54 Å². The van der Waals surface area contributed by atoms with Gasteiger partial charge in [0.2, 0.25) is 29.5 Å². The van der Waals surface area contributed by atoms with Gasteiger partial charge in [-0.25, -0.2) is 4.39 Å². The molecule has 2 aromatic carbocycles. The number of nitrogens with one attached hydrogen (secondary N) is 4. The number of carbonyl (C=O) groups excluding carboxylic acids is 5. The topological polar surface area (TPSA) is 206 Å². The monoisotopic (exact) mass is 646 g/mol. The molecule has 0 aliphatic carbocycles. The highest BCUT2D eigenvalue weighted by molar-refractivity contribution is 7.81. The van der Waals surface area contributed by atoms with Gasteiger partial charge in [-0.15, -0.1) is 0 Å². The number of nitrogens with two attached hydrogens (primary N) is 2. The standard InChI is InChI=1S/C31H43FN6O6S/c1-17(2)13-23(27(34)41)37-29(43)24(15-19-5-9-20(32)10-6-19)36-25(40)16-35-30(44)26(31(3,4)45)38-28(42)22(33)14-18-7-11-21(39)12-8-18/h5-12,17,22-24,26,39,45H,13-16,33H2,1-4H3,(H2,34,41)(H,35,44)(H,36,40)(H,37,43)(H,38,42)/t22-,23+,24-,26-/m0/s1. The van der Waals surface area contributed by atoms with Gasteiger partial charge < -0.3 is 37.8 Å². The van der Waals surface area contributed by atoms with Crippen LogP contribution in [0.2, 0.25) is 0 Å². The van der Waals surface area contributed by atoms with Crippen LogP contribution in [-0.2, 0) is 36.8 Å². The van der Waals surface area contributed by atoms with Crippen molar-refractivity contribution >= 4 is 42.2 Å². The molecule has 0 heterocycles. The minimum absolute atomic E-state index is 0.0371. The van der Waals surface area contributed by atoms with Crippen molar-refractivity contribution in [3.8, 4) is 5.75 Å². The predicted molar refractivity (Wildman–Crippen MR) is 170 cm³/mol. The van der Waals surface area contributed by atoms with E-state index in [0.29, 0.717) is 11.1 Å². The Morgan fingerprint density at radius 1 is 0.844 bits per heavy atom. The highest BCUT2D eigenvalue weighted by Crippen LogP contribution is 2.18. The summed E-state index contributed by atoms with van der Waals surface area (Å²) in [5.74, 6) is -3.89. The Morgan fingerprint density at radius 2 is 1.40 bits per heavy atom. The maximum absolute atomic E-state index is 13.4. The van der Waals surface area contributed by atoms with Crippen molar-refractivity contribution in [1.82, 2.24) is 21.3 Å². The third kappa shape index (κ3) is 12.8. The molecule has 2 aromatic rings. The lowest BCUT2D eigenvalue weighted by Gasteiger charge is -2.30. The summed E-state index contributed by atoms with van der Waals surface area (Å²) in [5.41, 5.74) is 12.7. The average Bonchev–Trinajstić information content (AvgIpc) is 2.95. The molecule has 9 N–H and O–H groups in total. The number of phenolic OH excluding ortho intramolecular Hbond substituents is 1. The van der Waals surface area contributed by atoms with Crippen LogP contribution in [0.25, 0.3) is 0 Å². The summed E-state index contributed by atoms with van der Waals surface area (Å²) in [6.45, 7) is 6.34. The fraction of sp³-hybridized carbons (Fsp3) is 0.452. The molecule has 0 saturated carbocycles. The molecule has 0 bridgehead atoms. The van der Waals surface area contributed by atoms with Crippen molar-refractivity contribution in [1.29, 1.82) is 0 Å². The first-order valence-electron chi connectivity index (χ1n) is 14.4. The summed E-state index contributed by atoms with van der Waals surface area (Å²) in [6, 6.07) is 7.12. The number of hydrogen-bond acceptors (Lipinski definition) is 8. The van der Waals surface area contributed by atoms with Crippen LogP contribution in [0.4, 0.5) is 4.39 Å². The van der Waals surface area contributed by atoms with Crippen molar-refractivity contribution in [2.24, 2.45) is 17.4 Å². The van der Waals surface area contributed by atoms with E-state index >= 15 is 0 Å². The summed E-state index contributed by atoms with van der Waals surface area (Å²) in [5, 5.41) is 19.6. The van der Waals surface area contributed by atoms with Gasteiger partial charge in [-0.2, -0.15) is 12.6 Å². The smallest absolute Gasteiger partial charge is 0.244 e. The van der Waals surface area contributed by atoms with Crippen LogP contribution < -0.4 is 32.7 Å². The lowest BCUT2D eigenvalue weighted by Crippen LogP contribution is -2.60. The van der Waals surface area contributed by atoms with Crippen molar-refractivity contribution < 1.29 is 33.5 Å². The van der Waals surface area contributed by atoms with E-state index in [2.05, 4.69) is 33.9 Å². The number of thiol groups is 1. The SMILES string of the molecule is CC(C)C[C@@H](NC(=O)[C@H](Cc1ccc(F)cc1)NC(=O)CNC(=O)[C@H](NC(=O)[C@@H](N)Cc1ccc(O)cc1)C(C)(C)S)C(N)=O. The number of primary amides is 1. The molecule has 4 atom stereocenters. The van der Waals surface area contributed by atoms with Gasteiger partial charge >= 0.3 is 0 Å². The Balaban J connectivity index is 2.09. The molecule has 0 aliphatic heterocycles. The maximum atomic E-state index is 13.4. The first kappa shape index (κ1) is 37.0. The Morgan fingerprint density at radius 3 is 1.93 bits per heavy atom. The number of halogens is 1. The molecule has 0 saturated heterocycles. The molecule has 0 unspecified atom stereocenters. The van der Waals surface area contributed by atoms with Crippen LogP contribution in [0.15, 0.2) is 48.5 Å². The molecule has 0 fully saturated rings. The largest absolute Gasteiger partial charge is 0.508 e. The summed E-state index contributed by atoms with van der Waals surface area (Å²) in [7, 11) is 0. The molecule has 5 amide bonds. The van der Waals surface area contributed by atoms with Crippen LogP contribution in [0.5, 0.6) is 5.75 Å². The van der Waals surface area contributed by atoms with Gasteiger partial charge in [0, 0.05) is 11.2 Å². The summed E-state index contributed by atoms with van der Waals surface area (Å²) >= 11 is 4.44. The van der Waals surface area contributed by atoms with E-state index in [-0.39, 0.29) is 30.9 Å². The second kappa shape index (κ2) is 16.8. The Labute approximate surface area is 267 Å². The van der Waals surface area contributed by atoms with Crippen LogP contribution in [0.1, 0.15) is 45.2 Å². The Bertz CT molecular complexity index is 1330. The zero-order valence-electron chi connectivity index (χ0n) is 25.8. The van der Waals surface area contributed by atoms with E-state index < -0.39 is 70.8 Å². The molecule has 246 valence electrons. The fourth-order valence-corrected chi connectivity index (χ4v) is 4.54. The number of amides is 5. The molecule has 0 radical (unpaired) electrons. The van der Waals surface area contributed by atoms with Crippen LogP contribution >= 0.6 is 12.6 Å². The molecule has 0 aromatic heterocycles. The Kier molecular flexibility index (Phi) is 13.8. The van der Waals surface area contributed by atoms with Gasteiger partial charge in [0.25, 0.3) is 0 Å². The number of rotatable bonds is 16. The highest BCUT2D eigenvalue weighted by atomic mass is 32.1. The molecule has 12 nitrogen and oxygen atoms in total. The molecule has 45 heavy (non-hydrogen) atoms. The van der Waals surface area contributed by atoms with Gasteiger partial charge in [-0.05, 0) is 68.0 Å². The van der Waals surface area contributed by atoms with E-state index in [1.54, 1.807) is 26.0 Å². The summed E-state index contributed by atoms with van der Waals surface area (Å²) < 4.78 is 12.4. The quantitative estimate of drug-likeness (QED) is 0.121. The van der Waals surface area contributed by atoms with E-state index in [1.807, 2.05) is 13.8 Å². The van der Waals surface area contributed by atoms with E-state index in [9.17, 15) is 33.5 Å². The summed E-state index contributed by atoms with van der Waals surface area (Å²) in [4.78, 5) is 64.0. The van der Waals surface area contributed by atoms with Gasteiger partial charge in [-0.1, -0.05) is 38.1 Å². The number of aromatic hydroxyl groups is 1. The van der Waals surface area contributed by atoms with Gasteiger partial charge in [0.15, 0.2) is 0 Å². The lowest BCUT2D eigenvalue weighted by atomic mass is 10.00. The second-order valence-corrected chi connectivity index (χ2v) is 13.0. The maximum Gasteiger partial charge on any atom is 0.244 e. The number of carbonyl (C=O) groups is 5. The minimum atomic E-state index is -1.20. The van der Waals surface area contributed by atoms with Crippen molar-refractivity contribution in [3.05, 3.63) is 65.5 Å². The van der Waals surface area contributed by atoms with Crippen LogP contribution in [0.3, 0.4) is 0 Å². The second-order valence-electron chi connectivity index (χ2n) is 11.8. The third-order valence-electron chi connectivity index (χ3n) is 6.78. The summed E-state index contributed by atoms with van der Waals surface area (Å²) in [6.07, 6.45) is 0.376. The first-order chi connectivity index (χ1) is 21.0. The molecule has 14 heteroatoms. The lowest BCUT2D eigenvalue weighted by molar-refractivity contribution is -0.133. The third-order valence-corrected chi connectivity index (χ3v) is 7.04. The number of phenols is 1. The zero-order valence-corrected chi connectivity index (χ0v) is 26.7. The van der Waals surface area contributed by atoms with E-state index in [4.69, 9.17) is 11.5 Å². The van der Waals surface area contributed by atoms with E-state index in [1.165, 1.54) is 36.4 Å². The fourth-order valence-electron chi connectivity index (χ4n) is 4.36. The molecule has 0 spiro atoms. The van der Waals surface area contributed by atoms with Crippen LogP contribution in [-0.4, -0.2) is 70.1 Å². The zero-order chi connectivity index (χ0) is 33.9. The van der Waals surface area contributed by atoms with Gasteiger partial charge in [0.05, 0.1) is 12.6 Å². The number of benzene rings is 2. The molecular weight excluding hydrogens is 603 g/mol. The van der Waals surface area contributed by atoms with Gasteiger partial charge in [-0.3, -0.25) is 24.0 Å². The normalized spacial score (nSPS) is 14.0.